The fourth-order valence-electron chi connectivity index (χ4n) is 2.96. The number of aromatic amines is 1. The minimum atomic E-state index is 0.0457. The number of halogens is 2. The van der Waals surface area contributed by atoms with Crippen molar-refractivity contribution in [1.82, 2.24) is 9.97 Å². The summed E-state index contributed by atoms with van der Waals surface area (Å²) in [6, 6.07) is 13.1. The lowest BCUT2D eigenvalue weighted by Gasteiger charge is -2.17. The van der Waals surface area contributed by atoms with Crippen molar-refractivity contribution >= 4 is 45.8 Å². The maximum atomic E-state index is 12.4. The lowest BCUT2D eigenvalue weighted by atomic mass is 10.1. The summed E-state index contributed by atoms with van der Waals surface area (Å²) < 4.78 is 0. The van der Waals surface area contributed by atoms with Gasteiger partial charge in [-0.3, -0.25) is 4.79 Å². The zero-order valence-electron chi connectivity index (χ0n) is 12.1. The van der Waals surface area contributed by atoms with E-state index in [1.54, 1.807) is 17.0 Å². The Labute approximate surface area is 143 Å². The molecule has 3 aromatic rings. The quantitative estimate of drug-likeness (QED) is 0.748. The molecule has 1 atom stereocenters. The van der Waals surface area contributed by atoms with Crippen LogP contribution in [0.4, 0.5) is 5.69 Å². The summed E-state index contributed by atoms with van der Waals surface area (Å²) in [5.41, 5.74) is 2.67. The molecule has 0 saturated carbocycles. The summed E-state index contributed by atoms with van der Waals surface area (Å²) in [6.45, 7) is 0.580. The summed E-state index contributed by atoms with van der Waals surface area (Å²) in [6.07, 6.45) is 0.431. The molecule has 0 bridgehead atoms. The molecule has 1 fully saturated rings. The standard InChI is InChI=1S/C17H13Cl2N3O/c18-12-6-5-11(8-13(12)19)22-9-10(7-16(22)23)17-20-14-3-1-2-4-15(14)21-17/h1-6,8,10H,7,9H2,(H,20,21)/t10-/m0/s1. The lowest BCUT2D eigenvalue weighted by molar-refractivity contribution is -0.117. The number of nitrogens with zero attached hydrogens (tertiary/aromatic N) is 2. The number of carbonyl (C=O) groups is 1. The summed E-state index contributed by atoms with van der Waals surface area (Å²) in [5, 5.41) is 0.931. The Morgan fingerprint density at radius 3 is 2.74 bits per heavy atom. The Morgan fingerprint density at radius 1 is 1.13 bits per heavy atom. The Bertz CT molecular complexity index is 873. The highest BCUT2D eigenvalue weighted by Gasteiger charge is 2.33. The van der Waals surface area contributed by atoms with Crippen molar-refractivity contribution in [2.45, 2.75) is 12.3 Å². The van der Waals surface area contributed by atoms with E-state index in [0.717, 1.165) is 22.5 Å². The van der Waals surface area contributed by atoms with Gasteiger partial charge >= 0.3 is 0 Å². The van der Waals surface area contributed by atoms with E-state index < -0.39 is 0 Å². The number of imidazole rings is 1. The molecule has 1 N–H and O–H groups in total. The van der Waals surface area contributed by atoms with Gasteiger partial charge in [0.05, 0.1) is 21.1 Å². The molecular weight excluding hydrogens is 333 g/mol. The molecule has 4 nitrogen and oxygen atoms in total. The molecule has 23 heavy (non-hydrogen) atoms. The predicted octanol–water partition coefficient (Wildman–Crippen LogP) is 4.39. The number of aromatic nitrogens is 2. The van der Waals surface area contributed by atoms with Crippen LogP contribution in [0.25, 0.3) is 11.0 Å². The fourth-order valence-corrected chi connectivity index (χ4v) is 3.25. The summed E-state index contributed by atoms with van der Waals surface area (Å²) in [5.74, 6) is 0.959. The van der Waals surface area contributed by atoms with Gasteiger partial charge in [-0.05, 0) is 30.3 Å². The van der Waals surface area contributed by atoms with E-state index in [0.29, 0.717) is 23.0 Å². The third kappa shape index (κ3) is 2.58. The molecule has 0 radical (unpaired) electrons. The van der Waals surface area contributed by atoms with Gasteiger partial charge in [0, 0.05) is 24.6 Å². The largest absolute Gasteiger partial charge is 0.342 e. The van der Waals surface area contributed by atoms with Gasteiger partial charge in [-0.2, -0.15) is 0 Å². The predicted molar refractivity (Wildman–Crippen MR) is 92.3 cm³/mol. The second-order valence-corrected chi connectivity index (χ2v) is 6.46. The molecule has 2 aromatic carbocycles. The molecule has 1 amide bonds. The summed E-state index contributed by atoms with van der Waals surface area (Å²) >= 11 is 12.0. The van der Waals surface area contributed by atoms with Crippen molar-refractivity contribution < 1.29 is 4.79 Å². The van der Waals surface area contributed by atoms with E-state index in [2.05, 4.69) is 9.97 Å². The minimum absolute atomic E-state index is 0.0457. The molecule has 0 spiro atoms. The highest BCUT2D eigenvalue weighted by molar-refractivity contribution is 6.42. The molecule has 4 rings (SSSR count). The van der Waals surface area contributed by atoms with Gasteiger partial charge in [-0.1, -0.05) is 35.3 Å². The molecule has 6 heteroatoms. The van der Waals surface area contributed by atoms with E-state index in [9.17, 15) is 4.79 Å². The number of hydrogen-bond donors (Lipinski definition) is 1. The van der Waals surface area contributed by atoms with Crippen molar-refractivity contribution in [2.75, 3.05) is 11.4 Å². The number of anilines is 1. The summed E-state index contributed by atoms with van der Waals surface area (Å²) in [4.78, 5) is 22.0. The molecule has 1 aliphatic rings. The van der Waals surface area contributed by atoms with Gasteiger partial charge in [0.25, 0.3) is 0 Å². The Kier molecular flexibility index (Phi) is 3.51. The highest BCUT2D eigenvalue weighted by atomic mass is 35.5. The number of benzene rings is 2. The molecule has 116 valence electrons. The van der Waals surface area contributed by atoms with Crippen LogP contribution in [0.1, 0.15) is 18.2 Å². The first-order valence-corrected chi connectivity index (χ1v) is 8.07. The smallest absolute Gasteiger partial charge is 0.227 e. The number of nitrogens with one attached hydrogen (secondary N) is 1. The average molecular weight is 346 g/mol. The van der Waals surface area contributed by atoms with Gasteiger partial charge in [0.15, 0.2) is 0 Å². The molecule has 0 unspecified atom stereocenters. The van der Waals surface area contributed by atoms with Crippen LogP contribution < -0.4 is 4.90 Å². The number of hydrogen-bond acceptors (Lipinski definition) is 2. The third-order valence-corrected chi connectivity index (χ3v) is 4.87. The normalized spacial score (nSPS) is 18.1. The number of amides is 1. The van der Waals surface area contributed by atoms with E-state index >= 15 is 0 Å². The monoisotopic (exact) mass is 345 g/mol. The first-order chi connectivity index (χ1) is 11.1. The van der Waals surface area contributed by atoms with Crippen molar-refractivity contribution in [3.05, 3.63) is 58.3 Å². The Morgan fingerprint density at radius 2 is 1.96 bits per heavy atom. The molecular formula is C17H13Cl2N3O. The topological polar surface area (TPSA) is 49.0 Å². The van der Waals surface area contributed by atoms with Crippen LogP contribution in [0.2, 0.25) is 10.0 Å². The van der Waals surface area contributed by atoms with Gasteiger partial charge in [0.2, 0.25) is 5.91 Å². The zero-order valence-corrected chi connectivity index (χ0v) is 13.6. The first kappa shape index (κ1) is 14.5. The number of carbonyl (C=O) groups excluding carboxylic acids is 1. The fraction of sp³-hybridized carbons (Fsp3) is 0.176. The van der Waals surface area contributed by atoms with Crippen molar-refractivity contribution in [3.63, 3.8) is 0 Å². The van der Waals surface area contributed by atoms with Crippen LogP contribution in [-0.2, 0) is 4.79 Å². The zero-order chi connectivity index (χ0) is 16.0. The maximum absolute atomic E-state index is 12.4. The Hall–Kier alpha value is -2.04. The second kappa shape index (κ2) is 5.55. The number of H-pyrrole nitrogens is 1. The number of rotatable bonds is 2. The molecule has 1 saturated heterocycles. The van der Waals surface area contributed by atoms with Gasteiger partial charge < -0.3 is 9.88 Å². The highest BCUT2D eigenvalue weighted by Crippen LogP contribution is 2.34. The first-order valence-electron chi connectivity index (χ1n) is 7.32. The van der Waals surface area contributed by atoms with Crippen molar-refractivity contribution in [2.24, 2.45) is 0 Å². The molecule has 1 aliphatic heterocycles. The van der Waals surface area contributed by atoms with Gasteiger partial charge in [-0.15, -0.1) is 0 Å². The van der Waals surface area contributed by atoms with E-state index in [-0.39, 0.29) is 11.8 Å². The van der Waals surface area contributed by atoms with Crippen LogP contribution in [0.15, 0.2) is 42.5 Å². The second-order valence-electron chi connectivity index (χ2n) is 5.64. The SMILES string of the molecule is O=C1C[C@H](c2nc3ccccc3[nH]2)CN1c1ccc(Cl)c(Cl)c1. The molecule has 1 aromatic heterocycles. The number of para-hydroxylation sites is 2. The van der Waals surface area contributed by atoms with Crippen molar-refractivity contribution in [3.8, 4) is 0 Å². The molecule has 0 aliphatic carbocycles. The van der Waals surface area contributed by atoms with E-state index in [1.807, 2.05) is 30.3 Å². The van der Waals surface area contributed by atoms with Gasteiger partial charge in [-0.25, -0.2) is 4.98 Å². The lowest BCUT2D eigenvalue weighted by Crippen LogP contribution is -2.24. The maximum Gasteiger partial charge on any atom is 0.227 e. The van der Waals surface area contributed by atoms with E-state index in [4.69, 9.17) is 23.2 Å². The average Bonchev–Trinajstić information content (AvgIpc) is 3.13. The number of fused-ring (bicyclic) bond motifs is 1. The van der Waals surface area contributed by atoms with E-state index in [1.165, 1.54) is 0 Å². The minimum Gasteiger partial charge on any atom is -0.342 e. The molecule has 2 heterocycles. The van der Waals surface area contributed by atoms with Crippen LogP contribution in [0.5, 0.6) is 0 Å². The van der Waals surface area contributed by atoms with Crippen LogP contribution >= 0.6 is 23.2 Å². The summed E-state index contributed by atoms with van der Waals surface area (Å²) in [7, 11) is 0. The van der Waals surface area contributed by atoms with Gasteiger partial charge in [0.1, 0.15) is 5.82 Å². The third-order valence-electron chi connectivity index (χ3n) is 4.13. The van der Waals surface area contributed by atoms with Crippen LogP contribution in [0.3, 0.4) is 0 Å². The van der Waals surface area contributed by atoms with Crippen LogP contribution in [0, 0.1) is 0 Å². The van der Waals surface area contributed by atoms with Crippen LogP contribution in [-0.4, -0.2) is 22.4 Å². The van der Waals surface area contributed by atoms with Crippen molar-refractivity contribution in [1.29, 1.82) is 0 Å². The Balaban J connectivity index is 1.63.